The van der Waals surface area contributed by atoms with Gasteiger partial charge in [0.05, 0.1) is 0 Å². The molecule has 1 aliphatic rings. The van der Waals surface area contributed by atoms with E-state index in [0.717, 1.165) is 65.7 Å². The number of nitrogens with zero attached hydrogens (tertiary/aromatic N) is 2. The van der Waals surface area contributed by atoms with Crippen molar-refractivity contribution in [2.75, 3.05) is 26.2 Å². The Labute approximate surface area is 195 Å². The van der Waals surface area contributed by atoms with Crippen LogP contribution in [-0.4, -0.2) is 41.9 Å². The van der Waals surface area contributed by atoms with Crippen molar-refractivity contribution in [1.29, 1.82) is 0 Å². The molecule has 0 atom stereocenters. The van der Waals surface area contributed by atoms with Crippen LogP contribution in [0, 0.1) is 13.8 Å². The second-order valence-electron chi connectivity index (χ2n) is 8.41. The Bertz CT molecular complexity index is 1040. The lowest BCUT2D eigenvalue weighted by atomic mass is 10.1. The molecule has 1 saturated heterocycles. The van der Waals surface area contributed by atoms with Crippen molar-refractivity contribution in [3.8, 4) is 5.75 Å². The lowest BCUT2D eigenvalue weighted by molar-refractivity contribution is 0.0628. The zero-order valence-corrected chi connectivity index (χ0v) is 19.4. The molecular formula is C27H29ClN2O2. The Morgan fingerprint density at radius 1 is 0.875 bits per heavy atom. The first-order valence-electron chi connectivity index (χ1n) is 11.0. The zero-order valence-electron chi connectivity index (χ0n) is 18.7. The number of carbonyl (C=O) groups is 1. The van der Waals surface area contributed by atoms with Gasteiger partial charge in [0.15, 0.2) is 0 Å². The van der Waals surface area contributed by atoms with E-state index in [1.54, 1.807) is 0 Å². The van der Waals surface area contributed by atoms with Crippen LogP contribution in [0.25, 0.3) is 0 Å². The first kappa shape index (κ1) is 22.4. The number of benzene rings is 3. The first-order chi connectivity index (χ1) is 15.5. The van der Waals surface area contributed by atoms with E-state index in [0.29, 0.717) is 6.61 Å². The maximum Gasteiger partial charge on any atom is 0.253 e. The molecule has 5 heteroatoms. The summed E-state index contributed by atoms with van der Waals surface area (Å²) in [6.07, 6.45) is 0. The first-order valence-corrected chi connectivity index (χ1v) is 11.4. The molecule has 0 aromatic heterocycles. The van der Waals surface area contributed by atoms with E-state index in [9.17, 15) is 4.79 Å². The number of amides is 1. The van der Waals surface area contributed by atoms with Crippen LogP contribution in [0.4, 0.5) is 0 Å². The third-order valence-electron chi connectivity index (χ3n) is 5.92. The lowest BCUT2D eigenvalue weighted by Crippen LogP contribution is -2.48. The van der Waals surface area contributed by atoms with E-state index >= 15 is 0 Å². The van der Waals surface area contributed by atoms with E-state index in [4.69, 9.17) is 16.3 Å². The third kappa shape index (κ3) is 5.50. The van der Waals surface area contributed by atoms with Crippen molar-refractivity contribution in [2.45, 2.75) is 27.0 Å². The van der Waals surface area contributed by atoms with Gasteiger partial charge in [0.2, 0.25) is 0 Å². The molecule has 0 N–H and O–H groups in total. The van der Waals surface area contributed by atoms with E-state index in [1.165, 1.54) is 5.56 Å². The Hall–Kier alpha value is -2.82. The number of hydrogen-bond donors (Lipinski definition) is 0. The molecule has 0 bridgehead atoms. The van der Waals surface area contributed by atoms with Crippen LogP contribution in [0.1, 0.15) is 32.6 Å². The highest BCUT2D eigenvalue weighted by Gasteiger charge is 2.22. The molecule has 3 aromatic carbocycles. The van der Waals surface area contributed by atoms with Crippen molar-refractivity contribution in [3.63, 3.8) is 0 Å². The van der Waals surface area contributed by atoms with Gasteiger partial charge in [0.25, 0.3) is 5.91 Å². The third-order valence-corrected chi connectivity index (χ3v) is 6.52. The Balaban J connectivity index is 1.29. The topological polar surface area (TPSA) is 32.8 Å². The van der Waals surface area contributed by atoms with Gasteiger partial charge >= 0.3 is 0 Å². The van der Waals surface area contributed by atoms with Gasteiger partial charge in [-0.3, -0.25) is 9.69 Å². The smallest absolute Gasteiger partial charge is 0.253 e. The minimum atomic E-state index is 0.0979. The standard InChI is InChI=1S/C27H29ClN2O2/c1-20-16-25(17-21(2)26(20)28)32-19-23-8-10-24(11-9-23)27(31)30-14-12-29(13-15-30)18-22-6-4-3-5-7-22/h3-11,16-17H,12-15,18-19H2,1-2H3. The molecule has 4 rings (SSSR count). The van der Waals surface area contributed by atoms with Gasteiger partial charge in [-0.15, -0.1) is 0 Å². The molecule has 3 aromatic rings. The Kier molecular flexibility index (Phi) is 7.13. The van der Waals surface area contributed by atoms with Crippen molar-refractivity contribution in [3.05, 3.63) is 99.6 Å². The second kappa shape index (κ2) is 10.2. The van der Waals surface area contributed by atoms with Crippen LogP contribution in [-0.2, 0) is 13.2 Å². The van der Waals surface area contributed by atoms with Crippen molar-refractivity contribution < 1.29 is 9.53 Å². The number of carbonyl (C=O) groups excluding carboxylic acids is 1. The molecule has 166 valence electrons. The second-order valence-corrected chi connectivity index (χ2v) is 8.79. The van der Waals surface area contributed by atoms with Crippen LogP contribution < -0.4 is 4.74 Å². The molecule has 1 heterocycles. The van der Waals surface area contributed by atoms with E-state index in [1.807, 2.05) is 61.2 Å². The predicted octanol–water partition coefficient (Wildman–Crippen LogP) is 5.49. The highest BCUT2D eigenvalue weighted by molar-refractivity contribution is 6.32. The highest BCUT2D eigenvalue weighted by Crippen LogP contribution is 2.26. The Morgan fingerprint density at radius 2 is 1.50 bits per heavy atom. The molecule has 1 fully saturated rings. The summed E-state index contributed by atoms with van der Waals surface area (Å²) in [5.41, 5.74) is 5.08. The summed E-state index contributed by atoms with van der Waals surface area (Å²) < 4.78 is 5.93. The summed E-state index contributed by atoms with van der Waals surface area (Å²) in [6.45, 7) is 8.64. The average Bonchev–Trinajstić information content (AvgIpc) is 2.82. The predicted molar refractivity (Wildman–Crippen MR) is 129 cm³/mol. The summed E-state index contributed by atoms with van der Waals surface area (Å²) in [6, 6.07) is 22.1. The number of hydrogen-bond acceptors (Lipinski definition) is 3. The zero-order chi connectivity index (χ0) is 22.5. The summed E-state index contributed by atoms with van der Waals surface area (Å²) in [7, 11) is 0. The average molecular weight is 449 g/mol. The van der Waals surface area contributed by atoms with E-state index in [2.05, 4.69) is 29.2 Å². The van der Waals surface area contributed by atoms with Gasteiger partial charge in [0.1, 0.15) is 12.4 Å². The molecule has 4 nitrogen and oxygen atoms in total. The van der Waals surface area contributed by atoms with Crippen molar-refractivity contribution in [2.24, 2.45) is 0 Å². The number of halogens is 1. The SMILES string of the molecule is Cc1cc(OCc2ccc(C(=O)N3CCN(Cc4ccccc4)CC3)cc2)cc(C)c1Cl. The molecule has 0 unspecified atom stereocenters. The molecule has 0 aliphatic carbocycles. The van der Waals surface area contributed by atoms with E-state index < -0.39 is 0 Å². The van der Waals surface area contributed by atoms with Crippen molar-refractivity contribution in [1.82, 2.24) is 9.80 Å². The van der Waals surface area contributed by atoms with Gasteiger partial charge in [-0.05, 0) is 60.4 Å². The number of piperazine rings is 1. The van der Waals surface area contributed by atoms with Gasteiger partial charge in [0, 0.05) is 43.3 Å². The minimum absolute atomic E-state index is 0.0979. The number of rotatable bonds is 6. The quantitative estimate of drug-likeness (QED) is 0.499. The summed E-state index contributed by atoms with van der Waals surface area (Å²) >= 11 is 6.23. The summed E-state index contributed by atoms with van der Waals surface area (Å²) in [5, 5.41) is 0.779. The molecule has 0 radical (unpaired) electrons. The fourth-order valence-electron chi connectivity index (χ4n) is 4.03. The molecule has 32 heavy (non-hydrogen) atoms. The molecule has 0 saturated carbocycles. The van der Waals surface area contributed by atoms with Crippen molar-refractivity contribution >= 4 is 17.5 Å². The van der Waals surface area contributed by atoms with Crippen LogP contribution in [0.2, 0.25) is 5.02 Å². The Morgan fingerprint density at radius 3 is 2.12 bits per heavy atom. The van der Waals surface area contributed by atoms with Crippen LogP contribution in [0.5, 0.6) is 5.75 Å². The lowest BCUT2D eigenvalue weighted by Gasteiger charge is -2.34. The monoisotopic (exact) mass is 448 g/mol. The van der Waals surface area contributed by atoms with Crippen LogP contribution in [0.15, 0.2) is 66.7 Å². The number of ether oxygens (including phenoxy) is 1. The van der Waals surface area contributed by atoms with Gasteiger partial charge < -0.3 is 9.64 Å². The minimum Gasteiger partial charge on any atom is -0.489 e. The maximum atomic E-state index is 12.9. The van der Waals surface area contributed by atoms with Gasteiger partial charge in [-0.1, -0.05) is 54.1 Å². The fourth-order valence-corrected chi connectivity index (χ4v) is 4.14. The highest BCUT2D eigenvalue weighted by atomic mass is 35.5. The maximum absolute atomic E-state index is 12.9. The summed E-state index contributed by atoms with van der Waals surface area (Å²) in [4.78, 5) is 17.3. The number of aryl methyl sites for hydroxylation is 2. The van der Waals surface area contributed by atoms with E-state index in [-0.39, 0.29) is 5.91 Å². The van der Waals surface area contributed by atoms with Gasteiger partial charge in [-0.25, -0.2) is 0 Å². The molecule has 1 aliphatic heterocycles. The molecule has 1 amide bonds. The fraction of sp³-hybridized carbons (Fsp3) is 0.296. The largest absolute Gasteiger partial charge is 0.489 e. The van der Waals surface area contributed by atoms with Gasteiger partial charge in [-0.2, -0.15) is 0 Å². The molecular weight excluding hydrogens is 420 g/mol. The normalized spacial score (nSPS) is 14.4. The van der Waals surface area contributed by atoms with Crippen LogP contribution in [0.3, 0.4) is 0 Å². The molecule has 0 spiro atoms. The summed E-state index contributed by atoms with van der Waals surface area (Å²) in [5.74, 6) is 0.902. The van der Waals surface area contributed by atoms with Crippen LogP contribution >= 0.6 is 11.6 Å².